The minimum absolute atomic E-state index is 0.559. The highest BCUT2D eigenvalue weighted by Gasteiger charge is 2.51. The summed E-state index contributed by atoms with van der Waals surface area (Å²) in [5.41, 5.74) is 9.22. The summed E-state index contributed by atoms with van der Waals surface area (Å²) in [5, 5.41) is 7.27. The molecule has 0 saturated heterocycles. The van der Waals surface area contributed by atoms with Crippen molar-refractivity contribution < 1.29 is 4.74 Å². The fourth-order valence-corrected chi connectivity index (χ4v) is 9.44. The summed E-state index contributed by atoms with van der Waals surface area (Å²) in [7, 11) is 0. The van der Waals surface area contributed by atoms with Crippen molar-refractivity contribution in [2.24, 2.45) is 0 Å². The van der Waals surface area contributed by atoms with Crippen molar-refractivity contribution in [1.29, 1.82) is 0 Å². The largest absolute Gasteiger partial charge is 0.456 e. The Bertz CT molecular complexity index is 3160. The van der Waals surface area contributed by atoms with E-state index in [0.29, 0.717) is 17.5 Å². The predicted octanol–water partition coefficient (Wildman–Crippen LogP) is 12.8. The van der Waals surface area contributed by atoms with Crippen molar-refractivity contribution in [1.82, 2.24) is 15.0 Å². The van der Waals surface area contributed by atoms with Crippen molar-refractivity contribution in [2.45, 2.75) is 5.41 Å². The van der Waals surface area contributed by atoms with Crippen molar-refractivity contribution in [2.75, 3.05) is 0 Å². The van der Waals surface area contributed by atoms with Crippen molar-refractivity contribution in [3.8, 4) is 56.8 Å². The van der Waals surface area contributed by atoms with Gasteiger partial charge in [-0.2, -0.15) is 0 Å². The van der Waals surface area contributed by atoms with E-state index in [-0.39, 0.29) is 0 Å². The van der Waals surface area contributed by atoms with E-state index in [2.05, 4.69) is 164 Å². The van der Waals surface area contributed by atoms with Gasteiger partial charge in [0.05, 0.1) is 11.0 Å². The third-order valence-corrected chi connectivity index (χ3v) is 11.8. The average Bonchev–Trinajstić information content (AvgIpc) is 3.57. The van der Waals surface area contributed by atoms with Gasteiger partial charge in [-0.1, -0.05) is 170 Å². The van der Waals surface area contributed by atoms with Crippen LogP contribution >= 0.6 is 0 Å². The summed E-state index contributed by atoms with van der Waals surface area (Å²) in [5.74, 6) is 3.35. The predicted molar refractivity (Wildman–Crippen MR) is 226 cm³/mol. The summed E-state index contributed by atoms with van der Waals surface area (Å²) < 4.78 is 7.02. The number of para-hydroxylation sites is 2. The molecule has 2 heterocycles. The van der Waals surface area contributed by atoms with Gasteiger partial charge in [0.15, 0.2) is 17.5 Å². The van der Waals surface area contributed by atoms with Gasteiger partial charge in [0.1, 0.15) is 11.5 Å². The molecule has 0 radical (unpaired) electrons. The Balaban J connectivity index is 1.13. The first kappa shape index (κ1) is 31.0. The van der Waals surface area contributed by atoms with Crippen LogP contribution in [0.25, 0.3) is 77.6 Å². The molecule has 0 atom stereocenters. The fourth-order valence-electron chi connectivity index (χ4n) is 9.44. The normalized spacial score (nSPS) is 13.3. The van der Waals surface area contributed by atoms with Crippen molar-refractivity contribution in [3.05, 3.63) is 210 Å². The minimum atomic E-state index is -0.590. The van der Waals surface area contributed by atoms with E-state index in [9.17, 15) is 0 Å². The Labute approximate surface area is 323 Å². The molecule has 0 amide bonds. The van der Waals surface area contributed by atoms with Gasteiger partial charge in [-0.05, 0) is 72.8 Å². The van der Waals surface area contributed by atoms with E-state index in [0.717, 1.165) is 44.7 Å². The number of rotatable bonds is 3. The summed E-state index contributed by atoms with van der Waals surface area (Å²) in [4.78, 5) is 15.7. The third kappa shape index (κ3) is 4.27. The molecule has 0 bridgehead atoms. The molecule has 9 aromatic carbocycles. The number of nitrogens with zero attached hydrogens (tertiary/aromatic N) is 3. The van der Waals surface area contributed by atoms with Crippen LogP contribution in [-0.4, -0.2) is 15.0 Å². The fraction of sp³-hybridized carbons (Fsp3) is 0.0192. The molecule has 4 nitrogen and oxygen atoms in total. The molecule has 2 aliphatic rings. The summed E-state index contributed by atoms with van der Waals surface area (Å²) in [6.07, 6.45) is 0. The van der Waals surface area contributed by atoms with Crippen LogP contribution in [0.1, 0.15) is 22.3 Å². The maximum atomic E-state index is 7.02. The third-order valence-electron chi connectivity index (χ3n) is 11.8. The maximum absolute atomic E-state index is 7.02. The zero-order valence-corrected chi connectivity index (χ0v) is 30.1. The Morgan fingerprint density at radius 1 is 0.321 bits per heavy atom. The standard InChI is InChI=1S/C52H31N3O/c1-2-15-32(16-3-1)49-53-50(33-29-30-38-36-19-5-4-17-34(36)35-18-6-7-20-37(35)42(38)31-33)55-51(54-49)41-23-14-27-46-48(41)56-47-28-13-12-26-45(47)52(46)43-24-10-8-21-39(43)40-22-9-11-25-44(40)52/h1-31H. The van der Waals surface area contributed by atoms with Crippen LogP contribution in [0.3, 0.4) is 0 Å². The SMILES string of the molecule is c1ccc(-c2nc(-c3ccc4c5ccccc5c5ccccc5c4c3)nc(-c3cccc4c3Oc3ccccc3C43c4ccccc4-c4ccccc43)n2)cc1. The van der Waals surface area contributed by atoms with Gasteiger partial charge in [-0.25, -0.2) is 15.0 Å². The van der Waals surface area contributed by atoms with E-state index in [1.807, 2.05) is 24.3 Å². The zero-order chi connectivity index (χ0) is 36.8. The molecule has 0 N–H and O–H groups in total. The van der Waals surface area contributed by atoms with Gasteiger partial charge in [-0.3, -0.25) is 0 Å². The minimum Gasteiger partial charge on any atom is -0.456 e. The van der Waals surface area contributed by atoms with Crippen LogP contribution in [0.2, 0.25) is 0 Å². The summed E-state index contributed by atoms with van der Waals surface area (Å²) >= 11 is 0. The Kier molecular flexibility index (Phi) is 6.52. The maximum Gasteiger partial charge on any atom is 0.167 e. The lowest BCUT2D eigenvalue weighted by Crippen LogP contribution is -2.32. The van der Waals surface area contributed by atoms with Crippen LogP contribution in [0, 0.1) is 0 Å². The average molecular weight is 714 g/mol. The molecule has 0 unspecified atom stereocenters. The highest BCUT2D eigenvalue weighted by atomic mass is 16.5. The van der Waals surface area contributed by atoms with Gasteiger partial charge in [0, 0.05) is 22.3 Å². The van der Waals surface area contributed by atoms with Crippen LogP contribution in [-0.2, 0) is 5.41 Å². The molecule has 4 heteroatoms. The molecule has 1 aliphatic heterocycles. The van der Waals surface area contributed by atoms with E-state index in [1.54, 1.807) is 0 Å². The first-order valence-corrected chi connectivity index (χ1v) is 19.0. The van der Waals surface area contributed by atoms with Gasteiger partial charge in [0.2, 0.25) is 0 Å². The molecule has 1 spiro atoms. The Morgan fingerprint density at radius 2 is 0.804 bits per heavy atom. The van der Waals surface area contributed by atoms with Crippen LogP contribution in [0.4, 0.5) is 0 Å². The summed E-state index contributed by atoms with van der Waals surface area (Å²) in [6.45, 7) is 0. The molecular weight excluding hydrogens is 683 g/mol. The second-order valence-corrected chi connectivity index (χ2v) is 14.6. The van der Waals surface area contributed by atoms with Crippen LogP contribution in [0.15, 0.2) is 188 Å². The quantitative estimate of drug-likeness (QED) is 0.171. The number of aromatic nitrogens is 3. The first-order valence-electron chi connectivity index (χ1n) is 19.0. The monoisotopic (exact) mass is 713 g/mol. The number of hydrogen-bond donors (Lipinski definition) is 0. The van der Waals surface area contributed by atoms with Gasteiger partial charge in [0.25, 0.3) is 0 Å². The molecule has 0 saturated carbocycles. The van der Waals surface area contributed by atoms with Crippen molar-refractivity contribution in [3.63, 3.8) is 0 Å². The van der Waals surface area contributed by atoms with E-state index in [1.165, 1.54) is 49.2 Å². The van der Waals surface area contributed by atoms with E-state index in [4.69, 9.17) is 19.7 Å². The smallest absolute Gasteiger partial charge is 0.167 e. The molecule has 0 fully saturated rings. The topological polar surface area (TPSA) is 47.9 Å². The highest BCUT2D eigenvalue weighted by Crippen LogP contribution is 2.63. The van der Waals surface area contributed by atoms with Gasteiger partial charge >= 0.3 is 0 Å². The summed E-state index contributed by atoms with van der Waals surface area (Å²) in [6, 6.07) is 66.5. The van der Waals surface area contributed by atoms with Gasteiger partial charge < -0.3 is 4.74 Å². The molecule has 1 aromatic heterocycles. The first-order chi connectivity index (χ1) is 27.8. The van der Waals surface area contributed by atoms with Gasteiger partial charge in [-0.15, -0.1) is 0 Å². The Morgan fingerprint density at radius 3 is 1.48 bits per heavy atom. The molecule has 56 heavy (non-hydrogen) atoms. The number of ether oxygens (including phenoxy) is 1. The lowest BCUT2D eigenvalue weighted by atomic mass is 9.66. The second kappa shape index (κ2) is 11.8. The molecule has 10 aromatic rings. The van der Waals surface area contributed by atoms with Crippen LogP contribution in [0.5, 0.6) is 11.5 Å². The second-order valence-electron chi connectivity index (χ2n) is 14.6. The van der Waals surface area contributed by atoms with E-state index >= 15 is 0 Å². The number of benzene rings is 9. The lowest BCUT2D eigenvalue weighted by molar-refractivity contribution is 0.437. The number of fused-ring (bicyclic) bond motifs is 15. The van der Waals surface area contributed by atoms with Crippen LogP contribution < -0.4 is 4.74 Å². The zero-order valence-electron chi connectivity index (χ0n) is 30.1. The highest BCUT2D eigenvalue weighted by molar-refractivity contribution is 6.25. The lowest BCUT2D eigenvalue weighted by Gasteiger charge is -2.39. The number of hydrogen-bond acceptors (Lipinski definition) is 4. The Hall–Kier alpha value is -7.43. The molecule has 12 rings (SSSR count). The molecule has 1 aliphatic carbocycles. The van der Waals surface area contributed by atoms with E-state index < -0.39 is 5.41 Å². The molecular formula is C52H31N3O. The van der Waals surface area contributed by atoms with Crippen molar-refractivity contribution >= 4 is 32.3 Å². The molecule has 260 valence electrons.